The lowest BCUT2D eigenvalue weighted by Gasteiger charge is -2.40. The Bertz CT molecular complexity index is 968. The number of nitriles is 1. The number of carbonyl (C=O) groups excluding carboxylic acids is 1. The van der Waals surface area contributed by atoms with Crippen LogP contribution in [0.3, 0.4) is 0 Å². The summed E-state index contributed by atoms with van der Waals surface area (Å²) < 4.78 is 0. The molecule has 4 heteroatoms. The first-order chi connectivity index (χ1) is 15.2. The lowest BCUT2D eigenvalue weighted by Crippen LogP contribution is -2.51. The zero-order valence-corrected chi connectivity index (χ0v) is 18.1. The Morgan fingerprint density at radius 2 is 1.90 bits per heavy atom. The van der Waals surface area contributed by atoms with Gasteiger partial charge in [-0.15, -0.1) is 0 Å². The third-order valence-corrected chi connectivity index (χ3v) is 6.80. The number of nitrogens with one attached hydrogen (secondary N) is 1. The van der Waals surface area contributed by atoms with Crippen LogP contribution in [0.4, 0.5) is 0 Å². The van der Waals surface area contributed by atoms with Gasteiger partial charge in [-0.05, 0) is 54.5 Å². The SMILES string of the molecule is N#Cc1cccc2c1CN(CCC1(NC(=O)C=Cc3ccccc3)CCCCC1)CC2. The number of nitrogens with zero attached hydrogens (tertiary/aromatic N) is 2. The van der Waals surface area contributed by atoms with Crippen molar-refractivity contribution in [1.29, 1.82) is 5.26 Å². The smallest absolute Gasteiger partial charge is 0.244 e. The van der Waals surface area contributed by atoms with Crippen molar-refractivity contribution < 1.29 is 4.79 Å². The first-order valence-corrected chi connectivity index (χ1v) is 11.5. The highest BCUT2D eigenvalue weighted by Gasteiger charge is 2.33. The van der Waals surface area contributed by atoms with Gasteiger partial charge in [0.2, 0.25) is 5.91 Å². The molecule has 1 aliphatic carbocycles. The minimum absolute atomic E-state index is 0.00140. The van der Waals surface area contributed by atoms with Gasteiger partial charge in [-0.25, -0.2) is 0 Å². The second kappa shape index (κ2) is 9.94. The summed E-state index contributed by atoms with van der Waals surface area (Å²) >= 11 is 0. The van der Waals surface area contributed by atoms with E-state index in [0.717, 1.165) is 56.4 Å². The molecule has 1 N–H and O–H groups in total. The van der Waals surface area contributed by atoms with Crippen LogP contribution in [-0.2, 0) is 17.8 Å². The fourth-order valence-electron chi connectivity index (χ4n) is 5.01. The molecule has 0 bridgehead atoms. The third kappa shape index (κ3) is 5.42. The molecule has 1 amide bonds. The molecule has 2 aromatic rings. The van der Waals surface area contributed by atoms with E-state index in [4.69, 9.17) is 0 Å². The van der Waals surface area contributed by atoms with Crippen molar-refractivity contribution in [1.82, 2.24) is 10.2 Å². The summed E-state index contributed by atoms with van der Waals surface area (Å²) in [6, 6.07) is 18.4. The van der Waals surface area contributed by atoms with Crippen molar-refractivity contribution in [2.24, 2.45) is 0 Å². The van der Waals surface area contributed by atoms with Crippen molar-refractivity contribution >= 4 is 12.0 Å². The van der Waals surface area contributed by atoms with Gasteiger partial charge in [-0.3, -0.25) is 9.69 Å². The Hall–Kier alpha value is -2.90. The average molecular weight is 414 g/mol. The molecular weight excluding hydrogens is 382 g/mol. The van der Waals surface area contributed by atoms with Gasteiger partial charge in [-0.2, -0.15) is 5.26 Å². The topological polar surface area (TPSA) is 56.1 Å². The number of benzene rings is 2. The molecule has 0 unspecified atom stereocenters. The Labute approximate surface area is 185 Å². The molecule has 0 spiro atoms. The van der Waals surface area contributed by atoms with E-state index in [1.165, 1.54) is 30.4 Å². The number of hydrogen-bond acceptors (Lipinski definition) is 3. The van der Waals surface area contributed by atoms with Crippen molar-refractivity contribution in [3.05, 3.63) is 76.9 Å². The van der Waals surface area contributed by atoms with Gasteiger partial charge in [0.15, 0.2) is 0 Å². The highest BCUT2D eigenvalue weighted by atomic mass is 16.1. The summed E-state index contributed by atoms with van der Waals surface area (Å²) in [5.74, 6) is 0.00140. The minimum Gasteiger partial charge on any atom is -0.347 e. The highest BCUT2D eigenvalue weighted by molar-refractivity contribution is 5.92. The van der Waals surface area contributed by atoms with Gasteiger partial charge < -0.3 is 5.32 Å². The molecule has 1 aliphatic heterocycles. The van der Waals surface area contributed by atoms with Crippen LogP contribution in [0.25, 0.3) is 6.08 Å². The van der Waals surface area contributed by atoms with E-state index in [0.29, 0.717) is 0 Å². The van der Waals surface area contributed by atoms with Crippen molar-refractivity contribution in [2.75, 3.05) is 13.1 Å². The molecule has 2 aromatic carbocycles. The van der Waals surface area contributed by atoms with Gasteiger partial charge in [0, 0.05) is 31.2 Å². The number of fused-ring (bicyclic) bond motifs is 1. The molecule has 160 valence electrons. The summed E-state index contributed by atoms with van der Waals surface area (Å²) in [7, 11) is 0. The van der Waals surface area contributed by atoms with E-state index in [2.05, 4.69) is 22.4 Å². The Kier molecular flexibility index (Phi) is 6.84. The lowest BCUT2D eigenvalue weighted by atomic mass is 9.79. The van der Waals surface area contributed by atoms with Crippen LogP contribution in [0.5, 0.6) is 0 Å². The lowest BCUT2D eigenvalue weighted by molar-refractivity contribution is -0.118. The van der Waals surface area contributed by atoms with E-state index in [9.17, 15) is 10.1 Å². The first-order valence-electron chi connectivity index (χ1n) is 11.5. The second-order valence-electron chi connectivity index (χ2n) is 8.91. The third-order valence-electron chi connectivity index (χ3n) is 6.80. The molecule has 0 aromatic heterocycles. The fourth-order valence-corrected chi connectivity index (χ4v) is 5.01. The molecule has 0 atom stereocenters. The minimum atomic E-state index is -0.120. The first kappa shape index (κ1) is 21.3. The number of rotatable bonds is 6. The summed E-state index contributed by atoms with van der Waals surface area (Å²) in [4.78, 5) is 15.2. The van der Waals surface area contributed by atoms with Crippen molar-refractivity contribution in [3.8, 4) is 6.07 Å². The summed E-state index contributed by atoms with van der Waals surface area (Å²) in [6.45, 7) is 2.79. The largest absolute Gasteiger partial charge is 0.347 e. The maximum atomic E-state index is 12.7. The molecule has 1 saturated carbocycles. The van der Waals surface area contributed by atoms with E-state index >= 15 is 0 Å². The molecule has 4 nitrogen and oxygen atoms in total. The highest BCUT2D eigenvalue weighted by Crippen LogP contribution is 2.32. The van der Waals surface area contributed by atoms with E-state index in [-0.39, 0.29) is 11.4 Å². The normalized spacial score (nSPS) is 18.3. The van der Waals surface area contributed by atoms with Crippen molar-refractivity contribution in [2.45, 2.75) is 57.0 Å². The van der Waals surface area contributed by atoms with Crippen LogP contribution >= 0.6 is 0 Å². The molecule has 0 radical (unpaired) electrons. The summed E-state index contributed by atoms with van der Waals surface area (Å²) in [6.07, 6.45) is 11.2. The second-order valence-corrected chi connectivity index (χ2v) is 8.91. The predicted molar refractivity (Wildman–Crippen MR) is 124 cm³/mol. The van der Waals surface area contributed by atoms with E-state index < -0.39 is 0 Å². The maximum Gasteiger partial charge on any atom is 0.244 e. The van der Waals surface area contributed by atoms with Crippen LogP contribution in [0.2, 0.25) is 0 Å². The zero-order chi connectivity index (χ0) is 21.5. The molecule has 31 heavy (non-hydrogen) atoms. The van der Waals surface area contributed by atoms with E-state index in [1.807, 2.05) is 48.5 Å². The zero-order valence-electron chi connectivity index (χ0n) is 18.1. The van der Waals surface area contributed by atoms with Gasteiger partial charge in [-0.1, -0.05) is 61.7 Å². The van der Waals surface area contributed by atoms with Gasteiger partial charge in [0.1, 0.15) is 0 Å². The quantitative estimate of drug-likeness (QED) is 0.690. The molecule has 1 fully saturated rings. The average Bonchev–Trinajstić information content (AvgIpc) is 2.82. The molecule has 1 heterocycles. The molecule has 4 rings (SSSR count). The van der Waals surface area contributed by atoms with Crippen LogP contribution in [0, 0.1) is 11.3 Å². The van der Waals surface area contributed by atoms with Gasteiger partial charge in [0.05, 0.1) is 11.6 Å². The number of hydrogen-bond donors (Lipinski definition) is 1. The van der Waals surface area contributed by atoms with Crippen LogP contribution < -0.4 is 5.32 Å². The van der Waals surface area contributed by atoms with E-state index in [1.54, 1.807) is 6.08 Å². The van der Waals surface area contributed by atoms with Gasteiger partial charge >= 0.3 is 0 Å². The van der Waals surface area contributed by atoms with Crippen LogP contribution in [-0.4, -0.2) is 29.4 Å². The van der Waals surface area contributed by atoms with Crippen molar-refractivity contribution in [3.63, 3.8) is 0 Å². The number of carbonyl (C=O) groups is 1. The summed E-state index contributed by atoms with van der Waals surface area (Å²) in [5, 5.41) is 12.8. The standard InChI is InChI=1S/C27H31N3O/c28-20-24-11-7-10-23-14-18-30(21-25(23)24)19-17-27(15-5-2-6-16-27)29-26(31)13-12-22-8-3-1-4-9-22/h1,3-4,7-13H,2,5-6,14-19,21H2,(H,29,31). The molecule has 0 saturated heterocycles. The maximum absolute atomic E-state index is 12.7. The Balaban J connectivity index is 1.40. The Morgan fingerprint density at radius 1 is 1.10 bits per heavy atom. The fraction of sp³-hybridized carbons (Fsp3) is 0.407. The predicted octanol–water partition coefficient (Wildman–Crippen LogP) is 4.84. The van der Waals surface area contributed by atoms with Crippen LogP contribution in [0.15, 0.2) is 54.6 Å². The molecular formula is C27H31N3O. The number of amides is 1. The molecule has 2 aliphatic rings. The van der Waals surface area contributed by atoms with Crippen LogP contribution in [0.1, 0.15) is 60.8 Å². The monoisotopic (exact) mass is 413 g/mol. The van der Waals surface area contributed by atoms with Gasteiger partial charge in [0.25, 0.3) is 0 Å². The Morgan fingerprint density at radius 3 is 2.68 bits per heavy atom. The summed E-state index contributed by atoms with van der Waals surface area (Å²) in [5.41, 5.74) is 4.21.